The first kappa shape index (κ1) is 12.9. The standard InChI is InChI=1S/C11H12Br3NO/c12-7-3-8(13)11(9(14)4-7)16-5-10(15)6-1-2-6/h3-4,6,10H,1-2,5,15H2. The van der Waals surface area contributed by atoms with E-state index in [4.69, 9.17) is 10.5 Å². The first-order valence-corrected chi connectivity index (χ1v) is 7.48. The van der Waals surface area contributed by atoms with Crippen molar-refractivity contribution in [1.82, 2.24) is 0 Å². The Morgan fingerprint density at radius 2 is 1.81 bits per heavy atom. The second-order valence-corrected chi connectivity index (χ2v) is 6.64. The summed E-state index contributed by atoms with van der Waals surface area (Å²) in [4.78, 5) is 0. The average Bonchev–Trinajstić information content (AvgIpc) is 2.98. The Morgan fingerprint density at radius 1 is 1.25 bits per heavy atom. The van der Waals surface area contributed by atoms with Crippen LogP contribution in [0.5, 0.6) is 5.75 Å². The molecular formula is C11H12Br3NO. The second-order valence-electron chi connectivity index (χ2n) is 4.01. The molecule has 0 aliphatic heterocycles. The molecule has 0 aromatic heterocycles. The maximum absolute atomic E-state index is 5.99. The van der Waals surface area contributed by atoms with E-state index in [0.29, 0.717) is 12.5 Å². The summed E-state index contributed by atoms with van der Waals surface area (Å²) >= 11 is 10.4. The third-order valence-corrected chi connectivity index (χ3v) is 4.25. The van der Waals surface area contributed by atoms with Crippen LogP contribution >= 0.6 is 47.8 Å². The zero-order chi connectivity index (χ0) is 11.7. The maximum Gasteiger partial charge on any atom is 0.147 e. The van der Waals surface area contributed by atoms with E-state index in [1.54, 1.807) is 0 Å². The summed E-state index contributed by atoms with van der Waals surface area (Å²) < 4.78 is 8.61. The van der Waals surface area contributed by atoms with E-state index in [9.17, 15) is 0 Å². The molecule has 0 spiro atoms. The summed E-state index contributed by atoms with van der Waals surface area (Å²) in [5.41, 5.74) is 5.99. The molecular weight excluding hydrogens is 402 g/mol. The van der Waals surface area contributed by atoms with E-state index in [1.165, 1.54) is 12.8 Å². The third kappa shape index (κ3) is 3.22. The van der Waals surface area contributed by atoms with E-state index in [0.717, 1.165) is 19.2 Å². The quantitative estimate of drug-likeness (QED) is 0.806. The maximum atomic E-state index is 5.99. The van der Waals surface area contributed by atoms with E-state index in [2.05, 4.69) is 47.8 Å². The number of nitrogens with two attached hydrogens (primary N) is 1. The minimum Gasteiger partial charge on any atom is -0.490 e. The van der Waals surface area contributed by atoms with E-state index in [1.807, 2.05) is 12.1 Å². The number of hydrogen-bond donors (Lipinski definition) is 1. The zero-order valence-corrected chi connectivity index (χ0v) is 13.3. The van der Waals surface area contributed by atoms with Gasteiger partial charge >= 0.3 is 0 Å². The van der Waals surface area contributed by atoms with Gasteiger partial charge in [-0.25, -0.2) is 0 Å². The van der Waals surface area contributed by atoms with Gasteiger partial charge in [0, 0.05) is 10.5 Å². The van der Waals surface area contributed by atoms with Gasteiger partial charge in [0.15, 0.2) is 0 Å². The molecule has 1 unspecified atom stereocenters. The fraction of sp³-hybridized carbons (Fsp3) is 0.455. The van der Waals surface area contributed by atoms with Gasteiger partial charge in [-0.1, -0.05) is 15.9 Å². The highest BCUT2D eigenvalue weighted by atomic mass is 79.9. The van der Waals surface area contributed by atoms with Crippen molar-refractivity contribution in [2.24, 2.45) is 11.7 Å². The van der Waals surface area contributed by atoms with Crippen molar-refractivity contribution >= 4 is 47.8 Å². The molecule has 1 aliphatic carbocycles. The zero-order valence-electron chi connectivity index (χ0n) is 8.55. The average molecular weight is 414 g/mol. The van der Waals surface area contributed by atoms with Crippen molar-refractivity contribution in [1.29, 1.82) is 0 Å². The Hall–Kier alpha value is 0.420. The van der Waals surface area contributed by atoms with Crippen LogP contribution in [0.3, 0.4) is 0 Å². The van der Waals surface area contributed by atoms with Gasteiger partial charge in [0.1, 0.15) is 12.4 Å². The Labute approximate surface area is 120 Å². The van der Waals surface area contributed by atoms with Crippen molar-refractivity contribution in [3.05, 3.63) is 25.6 Å². The molecule has 1 aliphatic rings. The van der Waals surface area contributed by atoms with E-state index < -0.39 is 0 Å². The number of ether oxygens (including phenoxy) is 1. The lowest BCUT2D eigenvalue weighted by molar-refractivity contribution is 0.273. The van der Waals surface area contributed by atoms with Crippen molar-refractivity contribution < 1.29 is 4.74 Å². The second kappa shape index (κ2) is 5.38. The number of benzene rings is 1. The molecule has 2 nitrogen and oxygen atoms in total. The van der Waals surface area contributed by atoms with E-state index in [-0.39, 0.29) is 6.04 Å². The van der Waals surface area contributed by atoms with Gasteiger partial charge in [0.05, 0.1) is 8.95 Å². The Morgan fingerprint density at radius 3 is 2.31 bits per heavy atom. The normalized spacial score (nSPS) is 17.2. The highest BCUT2D eigenvalue weighted by Crippen LogP contribution is 2.37. The SMILES string of the molecule is NC(COc1c(Br)cc(Br)cc1Br)C1CC1. The van der Waals surface area contributed by atoms with E-state index >= 15 is 0 Å². The number of halogens is 3. The summed E-state index contributed by atoms with van der Waals surface area (Å²) in [5, 5.41) is 0. The predicted octanol–water partition coefficient (Wildman–Crippen LogP) is 4.09. The summed E-state index contributed by atoms with van der Waals surface area (Å²) in [6, 6.07) is 4.08. The fourth-order valence-electron chi connectivity index (χ4n) is 1.51. The van der Waals surface area contributed by atoms with Gasteiger partial charge in [-0.3, -0.25) is 0 Å². The van der Waals surface area contributed by atoms with Crippen LogP contribution in [0.2, 0.25) is 0 Å². The van der Waals surface area contributed by atoms with Crippen LogP contribution in [-0.2, 0) is 0 Å². The van der Waals surface area contributed by atoms with Crippen LogP contribution in [0.1, 0.15) is 12.8 Å². The summed E-state index contributed by atoms with van der Waals surface area (Å²) in [7, 11) is 0. The molecule has 5 heteroatoms. The summed E-state index contributed by atoms with van der Waals surface area (Å²) in [5.74, 6) is 1.48. The topological polar surface area (TPSA) is 35.2 Å². The molecule has 1 atom stereocenters. The third-order valence-electron chi connectivity index (χ3n) is 2.61. The van der Waals surface area contributed by atoms with Crippen LogP contribution in [-0.4, -0.2) is 12.6 Å². The van der Waals surface area contributed by atoms with Gasteiger partial charge in [0.25, 0.3) is 0 Å². The minimum atomic E-state index is 0.155. The van der Waals surface area contributed by atoms with Crippen molar-refractivity contribution in [2.75, 3.05) is 6.61 Å². The lowest BCUT2D eigenvalue weighted by atomic mass is 10.2. The molecule has 88 valence electrons. The molecule has 0 saturated heterocycles. The first-order chi connectivity index (χ1) is 7.58. The molecule has 1 saturated carbocycles. The molecule has 2 rings (SSSR count). The molecule has 0 amide bonds. The van der Waals surface area contributed by atoms with Crippen LogP contribution in [0.4, 0.5) is 0 Å². The molecule has 16 heavy (non-hydrogen) atoms. The summed E-state index contributed by atoms with van der Waals surface area (Å²) in [6.45, 7) is 0.573. The fourth-order valence-corrected chi connectivity index (χ4v) is 3.99. The number of rotatable bonds is 4. The van der Waals surface area contributed by atoms with Crippen molar-refractivity contribution in [2.45, 2.75) is 18.9 Å². The monoisotopic (exact) mass is 411 g/mol. The Balaban J connectivity index is 2.02. The Bertz CT molecular complexity index is 370. The lowest BCUT2D eigenvalue weighted by Crippen LogP contribution is -2.30. The minimum absolute atomic E-state index is 0.155. The molecule has 0 heterocycles. The van der Waals surface area contributed by atoms with Crippen LogP contribution < -0.4 is 10.5 Å². The Kier molecular flexibility index (Phi) is 4.32. The summed E-state index contributed by atoms with van der Waals surface area (Å²) in [6.07, 6.45) is 2.49. The van der Waals surface area contributed by atoms with Gasteiger partial charge in [-0.2, -0.15) is 0 Å². The van der Waals surface area contributed by atoms with Crippen molar-refractivity contribution in [3.63, 3.8) is 0 Å². The van der Waals surface area contributed by atoms with Crippen LogP contribution in [0.25, 0.3) is 0 Å². The predicted molar refractivity (Wildman–Crippen MR) is 75.7 cm³/mol. The van der Waals surface area contributed by atoms with Gasteiger partial charge in [-0.05, 0) is 62.8 Å². The highest BCUT2D eigenvalue weighted by Gasteiger charge is 2.29. The van der Waals surface area contributed by atoms with Gasteiger partial charge in [0.2, 0.25) is 0 Å². The molecule has 1 aromatic carbocycles. The first-order valence-electron chi connectivity index (χ1n) is 5.11. The van der Waals surface area contributed by atoms with Crippen LogP contribution in [0, 0.1) is 5.92 Å². The van der Waals surface area contributed by atoms with Gasteiger partial charge < -0.3 is 10.5 Å². The van der Waals surface area contributed by atoms with Crippen molar-refractivity contribution in [3.8, 4) is 5.75 Å². The smallest absolute Gasteiger partial charge is 0.147 e. The number of hydrogen-bond acceptors (Lipinski definition) is 2. The lowest BCUT2D eigenvalue weighted by Gasteiger charge is -2.14. The molecule has 0 radical (unpaired) electrons. The van der Waals surface area contributed by atoms with Crippen LogP contribution in [0.15, 0.2) is 25.6 Å². The highest BCUT2D eigenvalue weighted by molar-refractivity contribution is 9.11. The molecule has 2 N–H and O–H groups in total. The molecule has 0 bridgehead atoms. The molecule has 1 fully saturated rings. The van der Waals surface area contributed by atoms with Gasteiger partial charge in [-0.15, -0.1) is 0 Å². The molecule has 1 aromatic rings. The largest absolute Gasteiger partial charge is 0.490 e.